The first-order valence-corrected chi connectivity index (χ1v) is 8.03. The van der Waals surface area contributed by atoms with Crippen molar-refractivity contribution in [3.8, 4) is 11.4 Å². The van der Waals surface area contributed by atoms with E-state index >= 15 is 0 Å². The quantitative estimate of drug-likeness (QED) is 0.410. The highest BCUT2D eigenvalue weighted by atomic mass is 16.6. The molecule has 0 aliphatic rings. The summed E-state index contributed by atoms with van der Waals surface area (Å²) in [6.45, 7) is -0.0903. The molecule has 0 radical (unpaired) electrons. The van der Waals surface area contributed by atoms with Gasteiger partial charge in [-0.3, -0.25) is 14.9 Å². The van der Waals surface area contributed by atoms with Crippen LogP contribution in [0.1, 0.15) is 11.1 Å². The van der Waals surface area contributed by atoms with E-state index < -0.39 is 10.8 Å². The minimum atomic E-state index is -0.588. The van der Waals surface area contributed by atoms with Gasteiger partial charge in [-0.25, -0.2) is 4.68 Å². The number of para-hydroxylation sites is 1. The molecule has 1 N–H and O–H groups in total. The smallest absolute Gasteiger partial charge is 0.269 e. The molecule has 8 heteroatoms. The van der Waals surface area contributed by atoms with E-state index in [0.29, 0.717) is 0 Å². The maximum absolute atomic E-state index is 11.9. The molecule has 1 aromatic heterocycles. The van der Waals surface area contributed by atoms with Crippen molar-refractivity contribution in [1.82, 2.24) is 15.1 Å². The Hall–Kier alpha value is -3.94. The zero-order valence-corrected chi connectivity index (χ0v) is 14.1. The van der Waals surface area contributed by atoms with Crippen LogP contribution in [0.25, 0.3) is 11.8 Å². The molecule has 1 amide bonds. The third-order valence-corrected chi connectivity index (χ3v) is 3.76. The Bertz CT molecular complexity index is 996. The van der Waals surface area contributed by atoms with Crippen LogP contribution >= 0.6 is 0 Å². The first-order chi connectivity index (χ1) is 13.0. The second-order valence-electron chi connectivity index (χ2n) is 5.65. The SMILES string of the molecule is O=C(/C=C/c1cnn(-c2ccccc2)c1)NCc1cc([N+](=O)[O-])ccc1[O-]. The highest BCUT2D eigenvalue weighted by molar-refractivity contribution is 5.91. The number of aromatic nitrogens is 2. The summed E-state index contributed by atoms with van der Waals surface area (Å²) in [5.41, 5.74) is 1.59. The van der Waals surface area contributed by atoms with E-state index in [4.69, 9.17) is 0 Å². The molecule has 0 saturated heterocycles. The molecule has 0 aliphatic carbocycles. The van der Waals surface area contributed by atoms with Gasteiger partial charge in [0.05, 0.1) is 16.8 Å². The fourth-order valence-electron chi connectivity index (χ4n) is 2.38. The number of amides is 1. The lowest BCUT2D eigenvalue weighted by atomic mass is 10.1. The third kappa shape index (κ3) is 4.57. The van der Waals surface area contributed by atoms with E-state index in [1.807, 2.05) is 30.3 Å². The Morgan fingerprint density at radius 3 is 2.74 bits per heavy atom. The second-order valence-corrected chi connectivity index (χ2v) is 5.65. The molecule has 0 fully saturated rings. The normalized spacial score (nSPS) is 10.8. The lowest BCUT2D eigenvalue weighted by Crippen LogP contribution is -2.21. The monoisotopic (exact) mass is 363 g/mol. The van der Waals surface area contributed by atoms with E-state index in [2.05, 4.69) is 10.4 Å². The summed E-state index contributed by atoms with van der Waals surface area (Å²) in [6.07, 6.45) is 6.30. The largest absolute Gasteiger partial charge is 0.872 e. The average Bonchev–Trinajstić information content (AvgIpc) is 3.15. The summed E-state index contributed by atoms with van der Waals surface area (Å²) in [4.78, 5) is 22.1. The Morgan fingerprint density at radius 1 is 1.22 bits per heavy atom. The van der Waals surface area contributed by atoms with Crippen LogP contribution in [0.3, 0.4) is 0 Å². The maximum atomic E-state index is 11.9. The molecule has 0 atom stereocenters. The highest BCUT2D eigenvalue weighted by Gasteiger charge is 2.07. The molecule has 3 aromatic rings. The number of nitro benzene ring substituents is 1. The van der Waals surface area contributed by atoms with Crippen molar-refractivity contribution in [3.05, 3.63) is 88.2 Å². The zero-order chi connectivity index (χ0) is 19.2. The van der Waals surface area contributed by atoms with Crippen LogP contribution in [0, 0.1) is 10.1 Å². The molecule has 2 aromatic carbocycles. The standard InChI is InChI=1S/C19H16N4O4/c24-18-8-7-17(23(26)27)10-15(18)12-20-19(25)9-6-14-11-21-22(13-14)16-4-2-1-3-5-16/h1-11,13,24H,12H2,(H,20,25)/p-1/b9-6+. The second kappa shape index (κ2) is 7.96. The molecule has 1 heterocycles. The highest BCUT2D eigenvalue weighted by Crippen LogP contribution is 2.20. The van der Waals surface area contributed by atoms with Gasteiger partial charge in [-0.2, -0.15) is 5.10 Å². The molecule has 3 rings (SSSR count). The van der Waals surface area contributed by atoms with Crippen molar-refractivity contribution >= 4 is 17.7 Å². The van der Waals surface area contributed by atoms with Crippen LogP contribution in [0.15, 0.2) is 67.0 Å². The predicted octanol–water partition coefficient (Wildman–Crippen LogP) is 2.18. The number of nitrogens with one attached hydrogen (secondary N) is 1. The van der Waals surface area contributed by atoms with Gasteiger partial charge in [0.25, 0.3) is 5.69 Å². The van der Waals surface area contributed by atoms with E-state index in [-0.39, 0.29) is 23.5 Å². The summed E-state index contributed by atoms with van der Waals surface area (Å²) in [5.74, 6) is -0.789. The van der Waals surface area contributed by atoms with Crippen LogP contribution < -0.4 is 10.4 Å². The summed E-state index contributed by atoms with van der Waals surface area (Å²) in [6, 6.07) is 12.9. The third-order valence-electron chi connectivity index (χ3n) is 3.76. The molecule has 0 saturated carbocycles. The van der Waals surface area contributed by atoms with Crippen LogP contribution in [-0.4, -0.2) is 20.6 Å². The Balaban J connectivity index is 1.61. The van der Waals surface area contributed by atoms with Crippen LogP contribution in [0.2, 0.25) is 0 Å². The number of non-ortho nitro benzene ring substituents is 1. The predicted molar refractivity (Wildman–Crippen MR) is 97.0 cm³/mol. The van der Waals surface area contributed by atoms with Crippen molar-refractivity contribution in [2.75, 3.05) is 0 Å². The van der Waals surface area contributed by atoms with E-state index in [9.17, 15) is 20.0 Å². The van der Waals surface area contributed by atoms with E-state index in [1.165, 1.54) is 6.08 Å². The van der Waals surface area contributed by atoms with Crippen molar-refractivity contribution in [1.29, 1.82) is 0 Å². The van der Waals surface area contributed by atoms with Gasteiger partial charge < -0.3 is 10.4 Å². The van der Waals surface area contributed by atoms with Gasteiger partial charge in [-0.1, -0.05) is 24.3 Å². The maximum Gasteiger partial charge on any atom is 0.269 e. The van der Waals surface area contributed by atoms with Crippen molar-refractivity contribution < 1.29 is 14.8 Å². The number of hydrogen-bond acceptors (Lipinski definition) is 5. The Kier molecular flexibility index (Phi) is 5.27. The minimum Gasteiger partial charge on any atom is -0.872 e. The number of carbonyl (C=O) groups is 1. The minimum absolute atomic E-state index is 0.0903. The molecular formula is C19H15N4O4-. The molecular weight excluding hydrogens is 348 g/mol. The van der Waals surface area contributed by atoms with Crippen LogP contribution in [-0.2, 0) is 11.3 Å². The Morgan fingerprint density at radius 2 is 2.00 bits per heavy atom. The van der Waals surface area contributed by atoms with Gasteiger partial charge in [-0.15, -0.1) is 5.75 Å². The molecule has 8 nitrogen and oxygen atoms in total. The van der Waals surface area contributed by atoms with E-state index in [0.717, 1.165) is 29.4 Å². The summed E-state index contributed by atoms with van der Waals surface area (Å²) >= 11 is 0. The van der Waals surface area contributed by atoms with E-state index in [1.54, 1.807) is 23.2 Å². The number of carbonyl (C=O) groups excluding carboxylic acids is 1. The number of benzene rings is 2. The van der Waals surface area contributed by atoms with Gasteiger partial charge in [0.1, 0.15) is 0 Å². The zero-order valence-electron chi connectivity index (χ0n) is 14.1. The van der Waals surface area contributed by atoms with Crippen LogP contribution in [0.5, 0.6) is 5.75 Å². The summed E-state index contributed by atoms with van der Waals surface area (Å²) in [5, 5.41) is 29.2. The first-order valence-electron chi connectivity index (χ1n) is 8.03. The van der Waals surface area contributed by atoms with Crippen molar-refractivity contribution in [3.63, 3.8) is 0 Å². The first kappa shape index (κ1) is 17.9. The molecule has 0 spiro atoms. The molecule has 0 unspecified atom stereocenters. The van der Waals surface area contributed by atoms with Gasteiger partial charge in [-0.05, 0) is 23.8 Å². The lowest BCUT2D eigenvalue weighted by Gasteiger charge is -2.12. The molecule has 0 bridgehead atoms. The molecule has 136 valence electrons. The van der Waals surface area contributed by atoms with Gasteiger partial charge >= 0.3 is 0 Å². The molecule has 27 heavy (non-hydrogen) atoms. The van der Waals surface area contributed by atoms with Gasteiger partial charge in [0.2, 0.25) is 5.91 Å². The number of nitro groups is 1. The Labute approximate surface area is 154 Å². The summed E-state index contributed by atoms with van der Waals surface area (Å²) < 4.78 is 1.68. The van der Waals surface area contributed by atoms with Crippen LogP contribution in [0.4, 0.5) is 5.69 Å². The summed E-state index contributed by atoms with van der Waals surface area (Å²) in [7, 11) is 0. The number of rotatable bonds is 6. The lowest BCUT2D eigenvalue weighted by molar-refractivity contribution is -0.385. The van der Waals surface area contributed by atoms with Crippen molar-refractivity contribution in [2.24, 2.45) is 0 Å². The topological polar surface area (TPSA) is 113 Å². The van der Waals surface area contributed by atoms with Gasteiger partial charge in [0.15, 0.2) is 0 Å². The fraction of sp³-hybridized carbons (Fsp3) is 0.0526. The van der Waals surface area contributed by atoms with Crippen molar-refractivity contribution in [2.45, 2.75) is 6.54 Å². The fourth-order valence-corrected chi connectivity index (χ4v) is 2.38. The van der Waals surface area contributed by atoms with Gasteiger partial charge in [0, 0.05) is 36.5 Å². The average molecular weight is 363 g/mol. The molecule has 0 aliphatic heterocycles. The number of hydrogen-bond donors (Lipinski definition) is 1. The number of nitrogens with zero attached hydrogens (tertiary/aromatic N) is 3.